The van der Waals surface area contributed by atoms with Crippen LogP contribution in [0.3, 0.4) is 0 Å². The van der Waals surface area contributed by atoms with Crippen LogP contribution in [0.4, 0.5) is 4.39 Å². The zero-order chi connectivity index (χ0) is 9.90. The van der Waals surface area contributed by atoms with Crippen molar-refractivity contribution in [3.8, 4) is 0 Å². The molecule has 3 heteroatoms. The van der Waals surface area contributed by atoms with E-state index in [-0.39, 0.29) is 0 Å². The van der Waals surface area contributed by atoms with Crippen molar-refractivity contribution in [3.63, 3.8) is 0 Å². The summed E-state index contributed by atoms with van der Waals surface area (Å²) in [6, 6.07) is 0. The van der Waals surface area contributed by atoms with Crippen LogP contribution in [0.25, 0.3) is 0 Å². The van der Waals surface area contributed by atoms with Crippen LogP contribution in [0.15, 0.2) is 4.99 Å². The van der Waals surface area contributed by atoms with Gasteiger partial charge in [-0.15, -0.1) is 0 Å². The lowest BCUT2D eigenvalue weighted by Gasteiger charge is -2.20. The van der Waals surface area contributed by atoms with E-state index in [1.165, 1.54) is 0 Å². The Morgan fingerprint density at radius 3 is 3.00 bits per heavy atom. The molecule has 0 aromatic carbocycles. The van der Waals surface area contributed by atoms with E-state index in [1.54, 1.807) is 13.8 Å². The SMILES string of the molecule is C/C1=N/CNCC(C)CCC1(C)F. The van der Waals surface area contributed by atoms with E-state index in [2.05, 4.69) is 17.2 Å². The largest absolute Gasteiger partial charge is 0.298 e. The van der Waals surface area contributed by atoms with Crippen LogP contribution >= 0.6 is 0 Å². The van der Waals surface area contributed by atoms with Gasteiger partial charge < -0.3 is 0 Å². The normalized spacial score (nSPS) is 41.2. The number of rotatable bonds is 0. The molecule has 1 heterocycles. The van der Waals surface area contributed by atoms with E-state index < -0.39 is 5.67 Å². The molecular weight excluding hydrogens is 167 g/mol. The van der Waals surface area contributed by atoms with Crippen molar-refractivity contribution in [2.45, 2.75) is 39.3 Å². The molecule has 0 aromatic rings. The quantitative estimate of drug-likeness (QED) is 0.616. The van der Waals surface area contributed by atoms with Gasteiger partial charge in [-0.2, -0.15) is 0 Å². The first-order chi connectivity index (χ1) is 6.02. The lowest BCUT2D eigenvalue weighted by Crippen LogP contribution is -2.28. The van der Waals surface area contributed by atoms with E-state index in [9.17, 15) is 4.39 Å². The standard InChI is InChI=1S/C10H19FN2/c1-8-4-5-10(3,11)9(2)13-7-12-6-8/h8,12H,4-7H2,1-3H3/b13-9-. The maximum Gasteiger partial charge on any atom is 0.145 e. The number of alkyl halides is 1. The van der Waals surface area contributed by atoms with Gasteiger partial charge in [-0.05, 0) is 39.2 Å². The van der Waals surface area contributed by atoms with Crippen LogP contribution in [0.5, 0.6) is 0 Å². The van der Waals surface area contributed by atoms with Crippen molar-refractivity contribution in [1.29, 1.82) is 0 Å². The molecule has 0 saturated heterocycles. The highest BCUT2D eigenvalue weighted by Gasteiger charge is 2.27. The molecule has 1 aliphatic rings. The molecule has 1 N–H and O–H groups in total. The Morgan fingerprint density at radius 1 is 1.62 bits per heavy atom. The molecule has 76 valence electrons. The maximum atomic E-state index is 13.9. The second-order valence-electron chi connectivity index (χ2n) is 4.20. The van der Waals surface area contributed by atoms with Gasteiger partial charge in [0.05, 0.1) is 6.67 Å². The van der Waals surface area contributed by atoms with E-state index in [4.69, 9.17) is 0 Å². The molecule has 2 nitrogen and oxygen atoms in total. The fourth-order valence-corrected chi connectivity index (χ4v) is 1.45. The number of nitrogens with one attached hydrogen (secondary N) is 1. The van der Waals surface area contributed by atoms with E-state index >= 15 is 0 Å². The molecule has 0 spiro atoms. The average Bonchev–Trinajstić information content (AvgIpc) is 2.11. The van der Waals surface area contributed by atoms with E-state index in [1.807, 2.05) is 0 Å². The van der Waals surface area contributed by atoms with Crippen LogP contribution in [-0.2, 0) is 0 Å². The number of nitrogens with zero attached hydrogens (tertiary/aromatic N) is 1. The molecule has 1 rings (SSSR count). The highest BCUT2D eigenvalue weighted by molar-refractivity contribution is 5.89. The van der Waals surface area contributed by atoms with Gasteiger partial charge in [-0.3, -0.25) is 10.3 Å². The number of hydrogen-bond acceptors (Lipinski definition) is 2. The van der Waals surface area contributed by atoms with Gasteiger partial charge >= 0.3 is 0 Å². The fourth-order valence-electron chi connectivity index (χ4n) is 1.45. The van der Waals surface area contributed by atoms with Gasteiger partial charge in [0.2, 0.25) is 0 Å². The Labute approximate surface area is 79.6 Å². The third-order valence-corrected chi connectivity index (χ3v) is 2.78. The lowest BCUT2D eigenvalue weighted by molar-refractivity contribution is 0.247. The monoisotopic (exact) mass is 186 g/mol. The Morgan fingerprint density at radius 2 is 2.31 bits per heavy atom. The van der Waals surface area contributed by atoms with Crippen molar-refractivity contribution < 1.29 is 4.39 Å². The zero-order valence-electron chi connectivity index (χ0n) is 8.73. The maximum absolute atomic E-state index is 13.9. The highest BCUT2D eigenvalue weighted by atomic mass is 19.1. The van der Waals surface area contributed by atoms with Crippen LogP contribution < -0.4 is 5.32 Å². The summed E-state index contributed by atoms with van der Waals surface area (Å²) in [6.45, 7) is 7.04. The predicted molar refractivity (Wildman–Crippen MR) is 53.9 cm³/mol. The molecule has 0 bridgehead atoms. The molecule has 2 atom stereocenters. The van der Waals surface area contributed by atoms with Crippen molar-refractivity contribution in [2.24, 2.45) is 10.9 Å². The molecule has 0 aliphatic carbocycles. The predicted octanol–water partition coefficient (Wildman–Crippen LogP) is 2.15. The molecule has 1 aliphatic heterocycles. The first-order valence-electron chi connectivity index (χ1n) is 4.93. The third-order valence-electron chi connectivity index (χ3n) is 2.78. The summed E-state index contributed by atoms with van der Waals surface area (Å²) >= 11 is 0. The van der Waals surface area contributed by atoms with Crippen molar-refractivity contribution in [3.05, 3.63) is 0 Å². The van der Waals surface area contributed by atoms with Crippen LogP contribution in [0.2, 0.25) is 0 Å². The summed E-state index contributed by atoms with van der Waals surface area (Å²) in [4.78, 5) is 4.16. The van der Waals surface area contributed by atoms with Gasteiger partial charge in [-0.1, -0.05) is 6.92 Å². The smallest absolute Gasteiger partial charge is 0.145 e. The van der Waals surface area contributed by atoms with Crippen molar-refractivity contribution in [2.75, 3.05) is 13.2 Å². The minimum Gasteiger partial charge on any atom is -0.298 e. The van der Waals surface area contributed by atoms with Crippen molar-refractivity contribution in [1.82, 2.24) is 5.32 Å². The van der Waals surface area contributed by atoms with Gasteiger partial charge in [-0.25, -0.2) is 4.39 Å². The number of hydrogen-bond donors (Lipinski definition) is 1. The third kappa shape index (κ3) is 3.07. The molecule has 0 amide bonds. The Kier molecular flexibility index (Phi) is 3.42. The van der Waals surface area contributed by atoms with Gasteiger partial charge in [0.25, 0.3) is 0 Å². The summed E-state index contributed by atoms with van der Waals surface area (Å²) in [5.74, 6) is 0.538. The molecule has 0 saturated carbocycles. The Hall–Kier alpha value is -0.440. The molecule has 0 fully saturated rings. The fraction of sp³-hybridized carbons (Fsp3) is 0.900. The van der Waals surface area contributed by atoms with Gasteiger partial charge in [0.1, 0.15) is 5.67 Å². The first-order valence-corrected chi connectivity index (χ1v) is 4.93. The topological polar surface area (TPSA) is 24.4 Å². The minimum absolute atomic E-state index is 0.538. The summed E-state index contributed by atoms with van der Waals surface area (Å²) in [6.07, 6.45) is 1.51. The molecule has 2 unspecified atom stereocenters. The lowest BCUT2D eigenvalue weighted by atomic mass is 9.93. The van der Waals surface area contributed by atoms with Crippen LogP contribution in [0.1, 0.15) is 33.6 Å². The van der Waals surface area contributed by atoms with Gasteiger partial charge in [0.15, 0.2) is 0 Å². The van der Waals surface area contributed by atoms with Gasteiger partial charge in [0, 0.05) is 5.71 Å². The summed E-state index contributed by atoms with van der Waals surface area (Å²) in [5, 5.41) is 3.19. The number of aliphatic imine (C=N–C) groups is 1. The second kappa shape index (κ2) is 4.18. The summed E-state index contributed by atoms with van der Waals surface area (Å²) in [5.41, 5.74) is -0.589. The van der Waals surface area contributed by atoms with Crippen LogP contribution in [-0.4, -0.2) is 24.6 Å². The molecule has 13 heavy (non-hydrogen) atoms. The molecular formula is C10H19FN2. The van der Waals surface area contributed by atoms with Crippen molar-refractivity contribution >= 4 is 5.71 Å². The molecule has 0 aromatic heterocycles. The highest BCUT2D eigenvalue weighted by Crippen LogP contribution is 2.23. The van der Waals surface area contributed by atoms with E-state index in [0.717, 1.165) is 13.0 Å². The zero-order valence-corrected chi connectivity index (χ0v) is 8.73. The van der Waals surface area contributed by atoms with Crippen LogP contribution in [0, 0.1) is 5.92 Å². The molecule has 0 radical (unpaired) electrons. The first kappa shape index (κ1) is 10.6. The Balaban J connectivity index is 2.67. The summed E-state index contributed by atoms with van der Waals surface area (Å²) < 4.78 is 13.9. The minimum atomic E-state index is -1.21. The van der Waals surface area contributed by atoms with E-state index in [0.29, 0.717) is 24.7 Å². The Bertz CT molecular complexity index is 199. The average molecular weight is 186 g/mol. The summed E-state index contributed by atoms with van der Waals surface area (Å²) in [7, 11) is 0. The second-order valence-corrected chi connectivity index (χ2v) is 4.20. The number of halogens is 1.